The van der Waals surface area contributed by atoms with E-state index in [0.29, 0.717) is 0 Å². The van der Waals surface area contributed by atoms with Gasteiger partial charge in [0.2, 0.25) is 0 Å². The van der Waals surface area contributed by atoms with Crippen LogP contribution in [0.15, 0.2) is 27.5 Å². The van der Waals surface area contributed by atoms with E-state index in [4.69, 9.17) is 0 Å². The molecule has 0 radical (unpaired) electrons. The Kier molecular flexibility index (Phi) is 2.07. The van der Waals surface area contributed by atoms with Crippen molar-refractivity contribution in [2.75, 3.05) is 0 Å². The molecular weight excluding hydrogens is 242 g/mol. The first-order chi connectivity index (χ1) is 5.36. The summed E-state index contributed by atoms with van der Waals surface area (Å²) in [6.07, 6.45) is 0. The van der Waals surface area contributed by atoms with E-state index < -0.39 is 0 Å². The van der Waals surface area contributed by atoms with Gasteiger partial charge in [-0.2, -0.15) is 0 Å². The first-order valence-corrected chi connectivity index (χ1v) is 5.56. The van der Waals surface area contributed by atoms with Gasteiger partial charge in [0, 0.05) is 5.38 Å². The normalized spacial score (nSPS) is 10.3. The van der Waals surface area contributed by atoms with E-state index in [0.717, 1.165) is 9.61 Å². The van der Waals surface area contributed by atoms with E-state index in [-0.39, 0.29) is 0 Å². The lowest BCUT2D eigenvalue weighted by Gasteiger charge is -1.84. The fraction of sp³-hybridized carbons (Fsp3) is 0. The standard InChI is InChI=1S/C7H4BrNS2/c8-6-4-11-7(9-6)5-2-1-3-10-5/h1-4H. The van der Waals surface area contributed by atoms with Gasteiger partial charge in [-0.15, -0.1) is 22.7 Å². The van der Waals surface area contributed by atoms with Gasteiger partial charge in [0.1, 0.15) is 9.61 Å². The maximum Gasteiger partial charge on any atom is 0.134 e. The Morgan fingerprint density at radius 2 is 2.27 bits per heavy atom. The van der Waals surface area contributed by atoms with Gasteiger partial charge in [-0.1, -0.05) is 6.07 Å². The highest BCUT2D eigenvalue weighted by Gasteiger charge is 2.02. The van der Waals surface area contributed by atoms with Crippen LogP contribution in [0.1, 0.15) is 0 Å². The van der Waals surface area contributed by atoms with Gasteiger partial charge in [0.05, 0.1) is 4.88 Å². The van der Waals surface area contributed by atoms with Gasteiger partial charge in [0.15, 0.2) is 0 Å². The van der Waals surface area contributed by atoms with Crippen LogP contribution in [0, 0.1) is 0 Å². The van der Waals surface area contributed by atoms with Crippen molar-refractivity contribution >= 4 is 38.6 Å². The van der Waals surface area contributed by atoms with Gasteiger partial charge >= 0.3 is 0 Å². The monoisotopic (exact) mass is 245 g/mol. The van der Waals surface area contributed by atoms with Crippen LogP contribution in [0.25, 0.3) is 9.88 Å². The predicted octanol–water partition coefficient (Wildman–Crippen LogP) is 3.63. The molecule has 0 aliphatic carbocycles. The summed E-state index contributed by atoms with van der Waals surface area (Å²) in [7, 11) is 0. The number of thiazole rings is 1. The topological polar surface area (TPSA) is 12.9 Å². The van der Waals surface area contributed by atoms with Gasteiger partial charge in [-0.25, -0.2) is 4.98 Å². The Balaban J connectivity index is 2.45. The molecule has 0 unspecified atom stereocenters. The highest BCUT2D eigenvalue weighted by Crippen LogP contribution is 2.29. The van der Waals surface area contributed by atoms with Crippen molar-refractivity contribution in [3.63, 3.8) is 0 Å². The molecule has 0 N–H and O–H groups in total. The number of halogens is 1. The van der Waals surface area contributed by atoms with Crippen LogP contribution in [0.3, 0.4) is 0 Å². The Morgan fingerprint density at radius 3 is 2.82 bits per heavy atom. The first kappa shape index (κ1) is 7.46. The minimum absolute atomic E-state index is 0.922. The van der Waals surface area contributed by atoms with Crippen LogP contribution in [-0.2, 0) is 0 Å². The maximum atomic E-state index is 4.30. The summed E-state index contributed by atoms with van der Waals surface area (Å²) in [5, 5.41) is 5.14. The zero-order valence-electron chi connectivity index (χ0n) is 5.45. The van der Waals surface area contributed by atoms with E-state index in [2.05, 4.69) is 32.4 Å². The van der Waals surface area contributed by atoms with E-state index >= 15 is 0 Å². The Morgan fingerprint density at radius 1 is 1.36 bits per heavy atom. The summed E-state index contributed by atoms with van der Waals surface area (Å²) in [6, 6.07) is 4.12. The molecule has 2 aromatic rings. The number of hydrogen-bond acceptors (Lipinski definition) is 3. The summed E-state index contributed by atoms with van der Waals surface area (Å²) in [4.78, 5) is 5.54. The molecule has 0 fully saturated rings. The van der Waals surface area contributed by atoms with Crippen molar-refractivity contribution < 1.29 is 0 Å². The van der Waals surface area contributed by atoms with Gasteiger partial charge in [-0.05, 0) is 27.4 Å². The molecule has 0 bridgehead atoms. The summed E-state index contributed by atoms with van der Waals surface area (Å²) >= 11 is 6.70. The van der Waals surface area contributed by atoms with E-state index in [1.54, 1.807) is 22.7 Å². The number of hydrogen-bond donors (Lipinski definition) is 0. The molecule has 0 saturated heterocycles. The number of nitrogens with zero attached hydrogens (tertiary/aromatic N) is 1. The molecule has 2 rings (SSSR count). The molecule has 0 aliphatic heterocycles. The van der Waals surface area contributed by atoms with Gasteiger partial charge in [0.25, 0.3) is 0 Å². The van der Waals surface area contributed by atoms with Crippen LogP contribution >= 0.6 is 38.6 Å². The zero-order chi connectivity index (χ0) is 7.68. The second kappa shape index (κ2) is 3.05. The third-order valence-corrected chi connectivity index (χ3v) is 3.80. The molecule has 1 nitrogen and oxygen atoms in total. The summed E-state index contributed by atoms with van der Waals surface area (Å²) in [5.41, 5.74) is 0. The second-order valence-corrected chi connectivity index (χ2v) is 4.57. The van der Waals surface area contributed by atoms with Crippen molar-refractivity contribution in [2.24, 2.45) is 0 Å². The fourth-order valence-electron chi connectivity index (χ4n) is 0.768. The number of rotatable bonds is 1. The van der Waals surface area contributed by atoms with Crippen molar-refractivity contribution in [3.05, 3.63) is 27.5 Å². The van der Waals surface area contributed by atoms with Crippen molar-refractivity contribution in [3.8, 4) is 9.88 Å². The molecule has 4 heteroatoms. The number of aromatic nitrogens is 1. The predicted molar refractivity (Wildman–Crippen MR) is 53.1 cm³/mol. The zero-order valence-corrected chi connectivity index (χ0v) is 8.67. The molecule has 0 spiro atoms. The Labute approximate surface area is 80.9 Å². The highest BCUT2D eigenvalue weighted by molar-refractivity contribution is 9.10. The van der Waals surface area contributed by atoms with Crippen LogP contribution in [0.4, 0.5) is 0 Å². The Bertz CT molecular complexity index is 339. The molecule has 2 aromatic heterocycles. The third-order valence-electron chi connectivity index (χ3n) is 1.21. The minimum atomic E-state index is 0.922. The van der Waals surface area contributed by atoms with Crippen LogP contribution in [-0.4, -0.2) is 4.98 Å². The minimum Gasteiger partial charge on any atom is -0.228 e. The molecule has 0 aromatic carbocycles. The molecule has 0 aliphatic rings. The van der Waals surface area contributed by atoms with Crippen LogP contribution in [0.2, 0.25) is 0 Å². The summed E-state index contributed by atoms with van der Waals surface area (Å²) in [5.74, 6) is 0. The second-order valence-electron chi connectivity index (χ2n) is 1.95. The molecular formula is C7H4BrNS2. The quantitative estimate of drug-likeness (QED) is 0.748. The first-order valence-electron chi connectivity index (χ1n) is 3.01. The average Bonchev–Trinajstić information content (AvgIpc) is 2.55. The smallest absolute Gasteiger partial charge is 0.134 e. The lowest BCUT2D eigenvalue weighted by molar-refractivity contribution is 1.37. The highest BCUT2D eigenvalue weighted by atomic mass is 79.9. The summed E-state index contributed by atoms with van der Waals surface area (Å²) < 4.78 is 0.922. The van der Waals surface area contributed by atoms with E-state index in [1.165, 1.54) is 4.88 Å². The molecule has 2 heterocycles. The largest absolute Gasteiger partial charge is 0.228 e. The fourth-order valence-corrected chi connectivity index (χ4v) is 2.84. The Hall–Kier alpha value is -0.190. The molecule has 0 saturated carbocycles. The van der Waals surface area contributed by atoms with Crippen LogP contribution in [0.5, 0.6) is 0 Å². The van der Waals surface area contributed by atoms with Gasteiger partial charge < -0.3 is 0 Å². The van der Waals surface area contributed by atoms with E-state index in [9.17, 15) is 0 Å². The van der Waals surface area contributed by atoms with Crippen molar-refractivity contribution in [1.82, 2.24) is 4.98 Å². The SMILES string of the molecule is Brc1csc(-c2cccs2)n1. The van der Waals surface area contributed by atoms with Crippen LogP contribution < -0.4 is 0 Å². The van der Waals surface area contributed by atoms with Gasteiger partial charge in [-0.3, -0.25) is 0 Å². The molecule has 0 amide bonds. The number of thiophene rings is 1. The van der Waals surface area contributed by atoms with E-state index in [1.807, 2.05) is 11.4 Å². The van der Waals surface area contributed by atoms with Crippen molar-refractivity contribution in [1.29, 1.82) is 0 Å². The molecule has 0 atom stereocenters. The molecule has 56 valence electrons. The lowest BCUT2D eigenvalue weighted by atomic mass is 10.5. The lowest BCUT2D eigenvalue weighted by Crippen LogP contribution is -1.66. The maximum absolute atomic E-state index is 4.30. The molecule has 11 heavy (non-hydrogen) atoms. The van der Waals surface area contributed by atoms with Crippen molar-refractivity contribution in [2.45, 2.75) is 0 Å². The average molecular weight is 246 g/mol. The summed E-state index contributed by atoms with van der Waals surface area (Å²) in [6.45, 7) is 0. The third kappa shape index (κ3) is 1.52.